The Labute approximate surface area is 118 Å². The molecule has 1 rings (SSSR count). The van der Waals surface area contributed by atoms with E-state index in [1.165, 1.54) is 25.7 Å². The zero-order valence-electron chi connectivity index (χ0n) is 12.9. The number of unbranched alkanes of at least 4 members (excludes halogenated alkanes) is 1. The maximum atomic E-state index is 9.24. The van der Waals surface area contributed by atoms with Crippen LogP contribution in [0.4, 0.5) is 0 Å². The largest absolute Gasteiger partial charge is 0.381 e. The molecule has 0 aromatic heterocycles. The summed E-state index contributed by atoms with van der Waals surface area (Å²) < 4.78 is 5.74. The van der Waals surface area contributed by atoms with Gasteiger partial charge in [0.2, 0.25) is 0 Å². The van der Waals surface area contributed by atoms with Crippen molar-refractivity contribution in [1.29, 1.82) is 5.26 Å². The molecule has 110 valence electrons. The van der Waals surface area contributed by atoms with Gasteiger partial charge in [-0.25, -0.2) is 0 Å². The van der Waals surface area contributed by atoms with Crippen LogP contribution in [-0.4, -0.2) is 24.8 Å². The van der Waals surface area contributed by atoms with E-state index >= 15 is 0 Å². The number of hydrogen-bond acceptors (Lipinski definition) is 3. The van der Waals surface area contributed by atoms with Gasteiger partial charge in [-0.05, 0) is 58.8 Å². The zero-order valence-corrected chi connectivity index (χ0v) is 12.9. The van der Waals surface area contributed by atoms with Crippen molar-refractivity contribution in [2.45, 2.75) is 77.3 Å². The summed E-state index contributed by atoms with van der Waals surface area (Å²) in [6.07, 6.45) is 8.48. The van der Waals surface area contributed by atoms with E-state index in [-0.39, 0.29) is 5.54 Å². The highest BCUT2D eigenvalue weighted by Gasteiger charge is 2.23. The first-order chi connectivity index (χ1) is 9.06. The zero-order chi connectivity index (χ0) is 14.1. The van der Waals surface area contributed by atoms with E-state index in [0.29, 0.717) is 6.04 Å². The Morgan fingerprint density at radius 3 is 2.58 bits per heavy atom. The summed E-state index contributed by atoms with van der Waals surface area (Å²) in [5, 5.41) is 12.6. The predicted molar refractivity (Wildman–Crippen MR) is 78.9 cm³/mol. The van der Waals surface area contributed by atoms with Crippen molar-refractivity contribution in [3.8, 4) is 6.07 Å². The Morgan fingerprint density at radius 1 is 1.32 bits per heavy atom. The quantitative estimate of drug-likeness (QED) is 0.648. The predicted octanol–water partition coefficient (Wildman–Crippen LogP) is 3.64. The number of hydrogen-bond donors (Lipinski definition) is 1. The Morgan fingerprint density at radius 2 is 2.00 bits per heavy atom. The van der Waals surface area contributed by atoms with Crippen LogP contribution in [0.5, 0.6) is 0 Å². The fourth-order valence-electron chi connectivity index (χ4n) is 2.91. The lowest BCUT2D eigenvalue weighted by molar-refractivity contribution is 0.0970. The van der Waals surface area contributed by atoms with Crippen LogP contribution in [0, 0.1) is 17.2 Å². The summed E-state index contributed by atoms with van der Waals surface area (Å²) in [4.78, 5) is 0. The Kier molecular flexibility index (Phi) is 7.41. The van der Waals surface area contributed by atoms with Crippen LogP contribution >= 0.6 is 0 Å². The summed E-state index contributed by atoms with van der Waals surface area (Å²) in [6.45, 7) is 7.95. The highest BCUT2D eigenvalue weighted by molar-refractivity contribution is 5.04. The van der Waals surface area contributed by atoms with Gasteiger partial charge in [0.25, 0.3) is 0 Å². The summed E-state index contributed by atoms with van der Waals surface area (Å²) in [5.41, 5.74) is -0.389. The smallest absolute Gasteiger partial charge is 0.104 e. The van der Waals surface area contributed by atoms with E-state index in [1.54, 1.807) is 0 Å². The Bertz CT molecular complexity index is 279. The highest BCUT2D eigenvalue weighted by Crippen LogP contribution is 2.24. The fraction of sp³-hybridized carbons (Fsp3) is 0.938. The van der Waals surface area contributed by atoms with Gasteiger partial charge in [-0.2, -0.15) is 5.26 Å². The fourth-order valence-corrected chi connectivity index (χ4v) is 2.91. The molecule has 0 saturated heterocycles. The van der Waals surface area contributed by atoms with Crippen molar-refractivity contribution in [3.63, 3.8) is 0 Å². The Hall–Kier alpha value is -0.590. The van der Waals surface area contributed by atoms with E-state index in [4.69, 9.17) is 4.74 Å². The third-order valence-corrected chi connectivity index (χ3v) is 3.90. The van der Waals surface area contributed by atoms with Crippen molar-refractivity contribution < 1.29 is 4.74 Å². The van der Waals surface area contributed by atoms with Gasteiger partial charge < -0.3 is 4.74 Å². The first kappa shape index (κ1) is 16.5. The third-order valence-electron chi connectivity index (χ3n) is 3.90. The highest BCUT2D eigenvalue weighted by atomic mass is 16.5. The molecule has 0 amide bonds. The second-order valence-corrected chi connectivity index (χ2v) is 6.43. The van der Waals surface area contributed by atoms with Crippen molar-refractivity contribution in [1.82, 2.24) is 5.32 Å². The van der Waals surface area contributed by atoms with Gasteiger partial charge in [0.1, 0.15) is 5.54 Å². The van der Waals surface area contributed by atoms with Crippen molar-refractivity contribution >= 4 is 0 Å². The average Bonchev–Trinajstić information content (AvgIpc) is 2.86. The number of nitriles is 1. The van der Waals surface area contributed by atoms with Crippen molar-refractivity contribution in [2.75, 3.05) is 13.2 Å². The van der Waals surface area contributed by atoms with Crippen molar-refractivity contribution in [3.05, 3.63) is 0 Å². The van der Waals surface area contributed by atoms with E-state index in [1.807, 2.05) is 6.92 Å². The van der Waals surface area contributed by atoms with Gasteiger partial charge in [-0.1, -0.05) is 12.8 Å². The van der Waals surface area contributed by atoms with Crippen LogP contribution in [-0.2, 0) is 4.74 Å². The molecule has 1 saturated carbocycles. The molecule has 0 aromatic rings. The van der Waals surface area contributed by atoms with E-state index in [2.05, 4.69) is 25.2 Å². The molecule has 1 unspecified atom stereocenters. The van der Waals surface area contributed by atoms with Crippen molar-refractivity contribution in [2.24, 2.45) is 5.92 Å². The number of ether oxygens (including phenoxy) is 1. The maximum absolute atomic E-state index is 9.24. The van der Waals surface area contributed by atoms with Crippen LogP contribution < -0.4 is 5.32 Å². The standard InChI is InChI=1S/C16H30N2O/c1-14(2)18-16(3,13-17)10-6-7-11-19-12-15-8-4-5-9-15/h14-15,18H,4-12H2,1-3H3. The lowest BCUT2D eigenvalue weighted by Crippen LogP contribution is -2.44. The Balaban J connectivity index is 2.04. The molecule has 1 atom stereocenters. The average molecular weight is 266 g/mol. The topological polar surface area (TPSA) is 45.0 Å². The molecule has 19 heavy (non-hydrogen) atoms. The summed E-state index contributed by atoms with van der Waals surface area (Å²) >= 11 is 0. The molecular weight excluding hydrogens is 236 g/mol. The lowest BCUT2D eigenvalue weighted by atomic mass is 9.96. The molecule has 3 heteroatoms. The molecule has 1 fully saturated rings. The molecule has 1 aliphatic rings. The van der Waals surface area contributed by atoms with Crippen LogP contribution in [0.15, 0.2) is 0 Å². The molecule has 1 N–H and O–H groups in total. The SMILES string of the molecule is CC(C)NC(C)(C#N)CCCCOCC1CCCC1. The second-order valence-electron chi connectivity index (χ2n) is 6.43. The van der Waals surface area contributed by atoms with Gasteiger partial charge in [0, 0.05) is 19.3 Å². The first-order valence-electron chi connectivity index (χ1n) is 7.82. The van der Waals surface area contributed by atoms with E-state index in [0.717, 1.165) is 38.4 Å². The normalized spacial score (nSPS) is 19.5. The van der Waals surface area contributed by atoms with Gasteiger partial charge in [0.15, 0.2) is 0 Å². The van der Waals surface area contributed by atoms with Crippen LogP contribution in [0.2, 0.25) is 0 Å². The molecule has 3 nitrogen and oxygen atoms in total. The second kappa shape index (κ2) is 8.55. The minimum absolute atomic E-state index is 0.350. The van der Waals surface area contributed by atoms with Gasteiger partial charge in [-0.15, -0.1) is 0 Å². The number of nitrogens with zero attached hydrogens (tertiary/aromatic N) is 1. The molecular formula is C16H30N2O. The summed E-state index contributed by atoms with van der Waals surface area (Å²) in [6, 6.07) is 2.74. The molecule has 0 aromatic carbocycles. The maximum Gasteiger partial charge on any atom is 0.104 e. The lowest BCUT2D eigenvalue weighted by Gasteiger charge is -2.25. The summed E-state index contributed by atoms with van der Waals surface area (Å²) in [7, 11) is 0. The first-order valence-corrected chi connectivity index (χ1v) is 7.82. The number of rotatable bonds is 9. The summed E-state index contributed by atoms with van der Waals surface area (Å²) in [5.74, 6) is 0.812. The van der Waals surface area contributed by atoms with Gasteiger partial charge in [-0.3, -0.25) is 5.32 Å². The third kappa shape index (κ3) is 6.94. The van der Waals surface area contributed by atoms with Gasteiger partial charge >= 0.3 is 0 Å². The van der Waals surface area contributed by atoms with E-state index in [9.17, 15) is 5.26 Å². The van der Waals surface area contributed by atoms with Gasteiger partial charge in [0.05, 0.1) is 6.07 Å². The molecule has 0 spiro atoms. The van der Waals surface area contributed by atoms with Crippen LogP contribution in [0.1, 0.15) is 65.7 Å². The molecule has 0 bridgehead atoms. The molecule has 0 aliphatic heterocycles. The minimum atomic E-state index is -0.389. The molecule has 0 radical (unpaired) electrons. The van der Waals surface area contributed by atoms with E-state index < -0.39 is 0 Å². The van der Waals surface area contributed by atoms with Crippen LogP contribution in [0.3, 0.4) is 0 Å². The minimum Gasteiger partial charge on any atom is -0.381 e. The number of nitrogens with one attached hydrogen (secondary N) is 1. The monoisotopic (exact) mass is 266 g/mol. The van der Waals surface area contributed by atoms with Crippen LogP contribution in [0.25, 0.3) is 0 Å². The molecule has 0 heterocycles. The molecule has 1 aliphatic carbocycles.